The first-order valence-electron chi connectivity index (χ1n) is 7.90. The second-order valence-corrected chi connectivity index (χ2v) is 9.12. The van der Waals surface area contributed by atoms with Crippen LogP contribution < -0.4 is 0 Å². The minimum Gasteiger partial charge on any atom is -0.340 e. The van der Waals surface area contributed by atoms with Gasteiger partial charge in [-0.1, -0.05) is 38.5 Å². The molecular formula is C17H26N2O3S. The lowest BCUT2D eigenvalue weighted by atomic mass is 9.94. The van der Waals surface area contributed by atoms with Gasteiger partial charge in [-0.3, -0.25) is 4.79 Å². The molecule has 0 radical (unpaired) electrons. The summed E-state index contributed by atoms with van der Waals surface area (Å²) >= 11 is 0. The fourth-order valence-electron chi connectivity index (χ4n) is 2.83. The van der Waals surface area contributed by atoms with Gasteiger partial charge in [-0.2, -0.15) is 4.31 Å². The van der Waals surface area contributed by atoms with Gasteiger partial charge in [0.25, 0.3) is 0 Å². The summed E-state index contributed by atoms with van der Waals surface area (Å²) in [6.07, 6.45) is 0. The summed E-state index contributed by atoms with van der Waals surface area (Å²) in [5.74, 6) is 0.0704. The summed E-state index contributed by atoms with van der Waals surface area (Å²) in [5, 5.41) is 0. The van der Waals surface area contributed by atoms with Crippen molar-refractivity contribution >= 4 is 15.9 Å². The number of hydrogen-bond donors (Lipinski definition) is 0. The highest BCUT2D eigenvalue weighted by Gasteiger charge is 2.34. The summed E-state index contributed by atoms with van der Waals surface area (Å²) in [5.41, 5.74) is 1.37. The molecule has 0 aliphatic carbocycles. The summed E-state index contributed by atoms with van der Waals surface area (Å²) in [4.78, 5) is 14.4. The predicted molar refractivity (Wildman–Crippen MR) is 90.7 cm³/mol. The Bertz CT molecular complexity index is 697. The molecule has 0 aromatic heterocycles. The molecule has 1 aromatic carbocycles. The maximum absolute atomic E-state index is 12.8. The van der Waals surface area contributed by atoms with Gasteiger partial charge in [0, 0.05) is 31.6 Å². The molecule has 0 atom stereocenters. The van der Waals surface area contributed by atoms with E-state index in [1.165, 1.54) is 4.31 Å². The van der Waals surface area contributed by atoms with Gasteiger partial charge in [0.15, 0.2) is 0 Å². The highest BCUT2D eigenvalue weighted by Crippen LogP contribution is 2.24. The maximum atomic E-state index is 12.8. The molecule has 0 bridgehead atoms. The Morgan fingerprint density at radius 3 is 2.09 bits per heavy atom. The zero-order valence-electron chi connectivity index (χ0n) is 14.6. The van der Waals surface area contributed by atoms with E-state index >= 15 is 0 Å². The first kappa shape index (κ1) is 17.9. The first-order valence-corrected chi connectivity index (χ1v) is 9.34. The Balaban J connectivity index is 2.14. The van der Waals surface area contributed by atoms with Gasteiger partial charge in [0.1, 0.15) is 0 Å². The third-order valence-corrected chi connectivity index (χ3v) is 6.17. The lowest BCUT2D eigenvalue weighted by molar-refractivity contribution is -0.140. The monoisotopic (exact) mass is 338 g/mol. The SMILES string of the molecule is Cc1ccc(S(=O)(=O)N2CCN(C(=O)C(C)(C)C)CC2)c(C)c1. The second-order valence-electron chi connectivity index (χ2n) is 7.22. The first-order chi connectivity index (χ1) is 10.5. The second kappa shape index (κ2) is 6.24. The van der Waals surface area contributed by atoms with Gasteiger partial charge in [-0.05, 0) is 25.5 Å². The van der Waals surface area contributed by atoms with Gasteiger partial charge in [0.2, 0.25) is 15.9 Å². The summed E-state index contributed by atoms with van der Waals surface area (Å²) in [6.45, 7) is 11.0. The molecule has 1 aromatic rings. The molecule has 1 heterocycles. The van der Waals surface area contributed by atoms with Gasteiger partial charge in [-0.15, -0.1) is 0 Å². The standard InChI is InChI=1S/C17H26N2O3S/c1-13-6-7-15(14(2)12-13)23(21,22)19-10-8-18(9-11-19)16(20)17(3,4)5/h6-7,12H,8-11H2,1-5H3. The van der Waals surface area contributed by atoms with Crippen LogP contribution in [0.2, 0.25) is 0 Å². The summed E-state index contributed by atoms with van der Waals surface area (Å²) < 4.78 is 27.1. The number of rotatable bonds is 2. The van der Waals surface area contributed by atoms with Crippen molar-refractivity contribution in [3.63, 3.8) is 0 Å². The summed E-state index contributed by atoms with van der Waals surface area (Å²) in [6, 6.07) is 5.37. The Kier molecular flexibility index (Phi) is 4.87. The van der Waals surface area contributed by atoms with Gasteiger partial charge in [-0.25, -0.2) is 8.42 Å². The normalized spacial score (nSPS) is 17.3. The number of piperazine rings is 1. The Hall–Kier alpha value is -1.40. The van der Waals surface area contributed by atoms with Crippen LogP contribution in [0.25, 0.3) is 0 Å². The molecule has 1 fully saturated rings. The highest BCUT2D eigenvalue weighted by molar-refractivity contribution is 7.89. The fourth-order valence-corrected chi connectivity index (χ4v) is 4.46. The smallest absolute Gasteiger partial charge is 0.243 e. The molecule has 128 valence electrons. The number of benzene rings is 1. The summed E-state index contributed by atoms with van der Waals surface area (Å²) in [7, 11) is -3.50. The third kappa shape index (κ3) is 3.75. The van der Waals surface area contributed by atoms with Crippen molar-refractivity contribution in [3.05, 3.63) is 29.3 Å². The molecule has 1 saturated heterocycles. The molecule has 2 rings (SSSR count). The molecule has 0 unspecified atom stereocenters. The van der Waals surface area contributed by atoms with E-state index in [1.807, 2.05) is 46.8 Å². The Labute approximate surface area is 139 Å². The van der Waals surface area contributed by atoms with E-state index in [9.17, 15) is 13.2 Å². The lowest BCUT2D eigenvalue weighted by Crippen LogP contribution is -2.53. The van der Waals surface area contributed by atoms with Crippen LogP contribution in [0.1, 0.15) is 31.9 Å². The predicted octanol–water partition coefficient (Wildman–Crippen LogP) is 2.18. The number of sulfonamides is 1. The molecule has 1 amide bonds. The zero-order chi connectivity index (χ0) is 17.4. The van der Waals surface area contributed by atoms with Crippen LogP contribution in [0.15, 0.2) is 23.1 Å². The molecule has 6 heteroatoms. The van der Waals surface area contributed by atoms with E-state index in [4.69, 9.17) is 0 Å². The lowest BCUT2D eigenvalue weighted by Gasteiger charge is -2.37. The van der Waals surface area contributed by atoms with Crippen molar-refractivity contribution < 1.29 is 13.2 Å². The number of amides is 1. The van der Waals surface area contributed by atoms with Crippen molar-refractivity contribution in [1.29, 1.82) is 0 Å². The Morgan fingerprint density at radius 2 is 1.61 bits per heavy atom. The van der Waals surface area contributed by atoms with Crippen LogP contribution in [-0.2, 0) is 14.8 Å². The average Bonchev–Trinajstić information content (AvgIpc) is 2.45. The van der Waals surface area contributed by atoms with E-state index in [0.29, 0.717) is 31.1 Å². The van der Waals surface area contributed by atoms with E-state index < -0.39 is 15.4 Å². The van der Waals surface area contributed by atoms with Crippen LogP contribution in [0, 0.1) is 19.3 Å². The van der Waals surface area contributed by atoms with Crippen LogP contribution >= 0.6 is 0 Å². The van der Waals surface area contributed by atoms with Crippen LogP contribution in [0.4, 0.5) is 0 Å². The maximum Gasteiger partial charge on any atom is 0.243 e. The number of carbonyl (C=O) groups excluding carboxylic acids is 1. The Morgan fingerprint density at radius 1 is 1.04 bits per heavy atom. The third-order valence-electron chi connectivity index (χ3n) is 4.12. The molecule has 1 aliphatic heterocycles. The molecule has 5 nitrogen and oxygen atoms in total. The molecule has 0 spiro atoms. The number of carbonyl (C=O) groups is 1. The van der Waals surface area contributed by atoms with E-state index in [-0.39, 0.29) is 5.91 Å². The van der Waals surface area contributed by atoms with Crippen molar-refractivity contribution in [2.75, 3.05) is 26.2 Å². The largest absolute Gasteiger partial charge is 0.340 e. The topological polar surface area (TPSA) is 57.7 Å². The van der Waals surface area contributed by atoms with Gasteiger partial charge >= 0.3 is 0 Å². The minimum absolute atomic E-state index is 0.0704. The molecule has 1 aliphatic rings. The van der Waals surface area contributed by atoms with E-state index in [1.54, 1.807) is 11.0 Å². The van der Waals surface area contributed by atoms with Gasteiger partial charge < -0.3 is 4.90 Å². The molecule has 23 heavy (non-hydrogen) atoms. The number of nitrogens with zero attached hydrogens (tertiary/aromatic N) is 2. The fraction of sp³-hybridized carbons (Fsp3) is 0.588. The molecule has 0 saturated carbocycles. The van der Waals surface area contributed by atoms with Crippen molar-refractivity contribution in [1.82, 2.24) is 9.21 Å². The number of hydrogen-bond acceptors (Lipinski definition) is 3. The van der Waals surface area contributed by atoms with Gasteiger partial charge in [0.05, 0.1) is 4.90 Å². The van der Waals surface area contributed by atoms with Crippen LogP contribution in [0.3, 0.4) is 0 Å². The highest BCUT2D eigenvalue weighted by atomic mass is 32.2. The van der Waals surface area contributed by atoms with Crippen molar-refractivity contribution in [2.45, 2.75) is 39.5 Å². The van der Waals surface area contributed by atoms with Crippen molar-refractivity contribution in [2.24, 2.45) is 5.41 Å². The van der Waals surface area contributed by atoms with E-state index in [2.05, 4.69) is 0 Å². The average molecular weight is 338 g/mol. The van der Waals surface area contributed by atoms with E-state index in [0.717, 1.165) is 11.1 Å². The van der Waals surface area contributed by atoms with Crippen molar-refractivity contribution in [3.8, 4) is 0 Å². The molecular weight excluding hydrogens is 312 g/mol. The van der Waals surface area contributed by atoms with Crippen LogP contribution in [-0.4, -0.2) is 49.7 Å². The quantitative estimate of drug-likeness (QED) is 0.830. The molecule has 0 N–H and O–H groups in total. The van der Waals surface area contributed by atoms with Crippen LogP contribution in [0.5, 0.6) is 0 Å². The number of aryl methyl sites for hydroxylation is 2. The zero-order valence-corrected chi connectivity index (χ0v) is 15.4. The minimum atomic E-state index is -3.50.